The smallest absolute Gasteiger partial charge is 0.305 e. The third kappa shape index (κ3) is 35.6. The van der Waals surface area contributed by atoms with Crippen LogP contribution in [0.1, 0.15) is 102 Å². The first-order valence-electron chi connectivity index (χ1n) is 35.7. The zero-order valence-electron chi connectivity index (χ0n) is 61.9. The van der Waals surface area contributed by atoms with Crippen LogP contribution >= 0.6 is 23.2 Å². The SMILES string of the molecule is C.C.C.C.C=Cc1c[c-]c(-c2ccccn2)cc1.C=Cc1ccc(CCl)cc1.CC(Cc1ccc(CCl)cc1)CC(C)c1ccc(Cc2cc[c-]c(-c3ccccn3)c2)cc1.[2H]CF.[Ir+3].[Ir+3].[c-]1ccccc1-c1ccccn1.[c-]1ccccc1-c1ccccn1.[c-]1ccccc1-c1ccccn1.[c-]1ccccc1-c1ccccn1. The molecule has 15 rings (SSSR count). The molecule has 0 saturated heterocycles. The second kappa shape index (κ2) is 58.1. The summed E-state index contributed by atoms with van der Waals surface area (Å²) in [6.45, 7) is 12.0. The standard InChI is InChI=1S/C31H31ClN.C13H10N.4C11H8N.C9H9Cl.CH3F.4CH4.2Ir/c1-23(19-25-9-11-27(22-32)12-10-25)18-24(2)29-15-13-26(14-16-29)20-28-6-5-7-30(21-28)31-8-3-4-17-33-31;1-2-11-6-8-12(9-7-11)13-5-3-4-10-14-13;4*1-2-6-10(7-3-1)11-8-4-5-9-12-11;1-2-8-3-5-9(7-10)6-4-8;1-2;;;;;;/h3-6,8-17,21,23-24H,18-20,22H2,1-2H3;2-8,10H,1H2;4*1-6,8-9H;2-6H,1,7H2;1H3;4*1H4;;/q6*-1;;;;;;;2*+3/i;;;;;;;1D;;;;;;. The summed E-state index contributed by atoms with van der Waals surface area (Å²) < 4.78 is 15.5. The molecule has 0 saturated carbocycles. The third-order valence-electron chi connectivity index (χ3n) is 16.3. The normalized spacial score (nSPS) is 10.1. The van der Waals surface area contributed by atoms with Crippen LogP contribution in [0.5, 0.6) is 0 Å². The Bertz CT molecular complexity index is 4400. The van der Waals surface area contributed by atoms with Crippen molar-refractivity contribution in [1.82, 2.24) is 29.9 Å². The van der Waals surface area contributed by atoms with Crippen molar-refractivity contribution < 1.29 is 46.0 Å². The summed E-state index contributed by atoms with van der Waals surface area (Å²) >= 11 is 11.5. The van der Waals surface area contributed by atoms with Gasteiger partial charge in [0.1, 0.15) is 0 Å². The largest absolute Gasteiger partial charge is 3.00 e. The Kier molecular flexibility index (Phi) is 49.6. The van der Waals surface area contributed by atoms with Crippen molar-refractivity contribution in [2.75, 3.05) is 7.15 Å². The summed E-state index contributed by atoms with van der Waals surface area (Å²) in [6.07, 6.45) is 17.6. The number of pyridine rings is 6. The second-order valence-corrected chi connectivity index (χ2v) is 24.7. The maximum absolute atomic E-state index is 9.96. The van der Waals surface area contributed by atoms with E-state index < -0.39 is 7.15 Å². The molecule has 6 nitrogen and oxygen atoms in total. The van der Waals surface area contributed by atoms with Crippen molar-refractivity contribution in [3.63, 3.8) is 0 Å². The molecule has 0 N–H and O–H groups in total. The van der Waals surface area contributed by atoms with Crippen molar-refractivity contribution in [3.8, 4) is 67.5 Å². The van der Waals surface area contributed by atoms with E-state index >= 15 is 0 Å². The van der Waals surface area contributed by atoms with E-state index in [-0.39, 0.29) is 69.9 Å². The first kappa shape index (κ1) is 96.4. The molecule has 15 aromatic rings. The predicted octanol–water partition coefficient (Wildman–Crippen LogP) is 27.8. The number of hydrogen-bond donors (Lipinski definition) is 0. The zero-order chi connectivity index (χ0) is 75.9. The number of nitrogens with zero attached hydrogens (tertiary/aromatic N) is 6. The van der Waals surface area contributed by atoms with Gasteiger partial charge in [-0.1, -0.05) is 202 Å². The molecule has 0 amide bonds. The Hall–Kier alpha value is -10.8. The average molecular weight is 1890 g/mol. The van der Waals surface area contributed by atoms with Crippen molar-refractivity contribution in [2.24, 2.45) is 5.92 Å². The Morgan fingerprint density at radius 2 is 0.664 bits per heavy atom. The van der Waals surface area contributed by atoms with Gasteiger partial charge < -0.3 is 29.9 Å². The second-order valence-electron chi connectivity index (χ2n) is 24.1. The molecule has 2 unspecified atom stereocenters. The van der Waals surface area contributed by atoms with Crippen LogP contribution in [0.25, 0.3) is 79.7 Å². The van der Waals surface area contributed by atoms with Gasteiger partial charge in [-0.25, -0.2) is 0 Å². The van der Waals surface area contributed by atoms with Crippen LogP contribution < -0.4 is 0 Å². The molecule has 0 fully saturated rings. The van der Waals surface area contributed by atoms with Crippen LogP contribution in [-0.4, -0.2) is 37.1 Å². The van der Waals surface area contributed by atoms with Crippen LogP contribution in [0.15, 0.2) is 366 Å². The van der Waals surface area contributed by atoms with E-state index in [1.807, 2.05) is 267 Å². The molecule has 0 aliphatic heterocycles. The van der Waals surface area contributed by atoms with Gasteiger partial charge in [0.15, 0.2) is 0 Å². The van der Waals surface area contributed by atoms with E-state index in [1.54, 1.807) is 37.1 Å². The average Bonchev–Trinajstić information content (AvgIpc) is 0.858. The molecule has 578 valence electrons. The van der Waals surface area contributed by atoms with Crippen LogP contribution in [0, 0.1) is 42.3 Å². The van der Waals surface area contributed by atoms with Crippen LogP contribution in [0.3, 0.4) is 0 Å². The fourth-order valence-electron chi connectivity index (χ4n) is 10.8. The number of hydrogen-bond acceptors (Lipinski definition) is 6. The first-order chi connectivity index (χ1) is 53.1. The van der Waals surface area contributed by atoms with Gasteiger partial charge in [-0.05, 0) is 135 Å². The molecular weight excluding hydrogens is 1780 g/mol. The zero-order valence-corrected chi connectivity index (χ0v) is 67.2. The van der Waals surface area contributed by atoms with Crippen molar-refractivity contribution in [3.05, 3.63) is 447 Å². The van der Waals surface area contributed by atoms with Crippen molar-refractivity contribution >= 4 is 35.4 Å². The summed E-state index contributed by atoms with van der Waals surface area (Å²) in [6, 6.07) is 124. The number of aromatic nitrogens is 6. The van der Waals surface area contributed by atoms with Crippen molar-refractivity contribution in [1.29, 1.82) is 0 Å². The van der Waals surface area contributed by atoms with Crippen molar-refractivity contribution in [2.45, 2.75) is 80.5 Å². The summed E-state index contributed by atoms with van der Waals surface area (Å²) in [5.41, 5.74) is 22.0. The van der Waals surface area contributed by atoms with E-state index in [2.05, 4.69) is 154 Å². The van der Waals surface area contributed by atoms with Gasteiger partial charge in [0.05, 0.1) is 8.52 Å². The topological polar surface area (TPSA) is 77.3 Å². The van der Waals surface area contributed by atoms with E-state index in [0.29, 0.717) is 23.6 Å². The van der Waals surface area contributed by atoms with Gasteiger partial charge in [0, 0.05) is 48.9 Å². The van der Waals surface area contributed by atoms with E-state index in [4.69, 9.17) is 24.6 Å². The van der Waals surface area contributed by atoms with Crippen LogP contribution in [0.4, 0.5) is 4.39 Å². The molecule has 113 heavy (non-hydrogen) atoms. The molecular formula is C102H101Cl2FIr2N6. The Labute approximate surface area is 713 Å². The minimum Gasteiger partial charge on any atom is -0.305 e. The maximum atomic E-state index is 9.96. The molecule has 11 heteroatoms. The number of benzene rings is 9. The van der Waals surface area contributed by atoms with Gasteiger partial charge in [0.2, 0.25) is 0 Å². The predicted molar refractivity (Wildman–Crippen MR) is 472 cm³/mol. The van der Waals surface area contributed by atoms with Gasteiger partial charge in [0.25, 0.3) is 0 Å². The fourth-order valence-corrected chi connectivity index (χ4v) is 11.1. The minimum absolute atomic E-state index is 0. The summed E-state index contributed by atoms with van der Waals surface area (Å²) in [5.74, 6) is 2.33. The molecule has 0 aliphatic carbocycles. The monoisotopic (exact) mass is 1890 g/mol. The molecule has 0 radical (unpaired) electrons. The Morgan fingerprint density at radius 3 is 0.973 bits per heavy atom. The number of halogens is 3. The van der Waals surface area contributed by atoms with E-state index in [9.17, 15) is 4.39 Å². The summed E-state index contributed by atoms with van der Waals surface area (Å²) in [4.78, 5) is 25.6. The van der Waals surface area contributed by atoms with Gasteiger partial charge in [-0.15, -0.1) is 250 Å². The quantitative estimate of drug-likeness (QED) is 0.0668. The molecule has 0 spiro atoms. The fraction of sp³-hybridized carbons (Fsp3) is 0.137. The van der Waals surface area contributed by atoms with Gasteiger partial charge in [-0.2, -0.15) is 0 Å². The van der Waals surface area contributed by atoms with Crippen LogP contribution in [-0.2, 0) is 64.8 Å². The molecule has 2 atom stereocenters. The third-order valence-corrected chi connectivity index (χ3v) is 16.9. The van der Waals surface area contributed by atoms with E-state index in [1.165, 1.54) is 34.2 Å². The van der Waals surface area contributed by atoms with Gasteiger partial charge in [-0.3, -0.25) is 4.39 Å². The molecule has 6 heterocycles. The minimum atomic E-state index is -1.00. The summed E-state index contributed by atoms with van der Waals surface area (Å²) in [7, 11) is -1.00. The van der Waals surface area contributed by atoms with Gasteiger partial charge >= 0.3 is 40.2 Å². The molecule has 0 aliphatic rings. The Balaban J connectivity index is 0.000000467. The maximum Gasteiger partial charge on any atom is 3.00 e. The number of rotatable bonds is 17. The molecule has 9 aromatic carbocycles. The van der Waals surface area contributed by atoms with E-state index in [0.717, 1.165) is 97.1 Å². The summed E-state index contributed by atoms with van der Waals surface area (Å²) in [5, 5.41) is 0. The molecule has 6 aromatic heterocycles. The first-order valence-corrected chi connectivity index (χ1v) is 36.1. The molecule has 0 bridgehead atoms. The number of alkyl halides is 3. The van der Waals surface area contributed by atoms with Crippen LogP contribution in [0.2, 0.25) is 0 Å². The Morgan fingerprint density at radius 1 is 0.354 bits per heavy atom.